The standard InChI is InChI=1S/C28H38ClN3O5/c1-8-12-32(26(35)22(16-33)30-27(36)37-28(5,6)7)24(20-14-17(2)13-18(3)15-20)25(34)31-23-19(4)10-9-11-21(23)29/h9-11,13-15,22,24,33H,8,12,16H2,1-7H3,(H,30,36)(H,31,34). The van der Waals surface area contributed by atoms with E-state index in [0.717, 1.165) is 16.7 Å². The van der Waals surface area contributed by atoms with Gasteiger partial charge in [-0.05, 0) is 65.2 Å². The van der Waals surface area contributed by atoms with Gasteiger partial charge in [0.05, 0.1) is 17.3 Å². The van der Waals surface area contributed by atoms with Crippen molar-refractivity contribution in [3.05, 3.63) is 63.7 Å². The number of anilines is 1. The summed E-state index contributed by atoms with van der Waals surface area (Å²) in [7, 11) is 0. The molecule has 9 heteroatoms. The zero-order valence-electron chi connectivity index (χ0n) is 22.6. The predicted molar refractivity (Wildman–Crippen MR) is 146 cm³/mol. The number of ether oxygens (including phenoxy) is 1. The fraction of sp³-hybridized carbons (Fsp3) is 0.464. The molecule has 0 heterocycles. The number of carbonyl (C=O) groups excluding carboxylic acids is 3. The van der Waals surface area contributed by atoms with Crippen LogP contribution in [0.25, 0.3) is 0 Å². The summed E-state index contributed by atoms with van der Waals surface area (Å²) in [6.07, 6.45) is -0.300. The molecule has 3 N–H and O–H groups in total. The lowest BCUT2D eigenvalue weighted by atomic mass is 9.98. The maximum atomic E-state index is 13.8. The summed E-state index contributed by atoms with van der Waals surface area (Å²) >= 11 is 6.37. The lowest BCUT2D eigenvalue weighted by Gasteiger charge is -2.34. The van der Waals surface area contributed by atoms with Gasteiger partial charge in [-0.2, -0.15) is 0 Å². The number of hydrogen-bond donors (Lipinski definition) is 3. The van der Waals surface area contributed by atoms with Crippen molar-refractivity contribution in [2.45, 2.75) is 72.6 Å². The van der Waals surface area contributed by atoms with Crippen molar-refractivity contribution in [1.29, 1.82) is 0 Å². The zero-order valence-corrected chi connectivity index (χ0v) is 23.4. The highest BCUT2D eigenvalue weighted by molar-refractivity contribution is 6.34. The number of aliphatic hydroxyl groups is 1. The average Bonchev–Trinajstić information content (AvgIpc) is 2.77. The van der Waals surface area contributed by atoms with Crippen LogP contribution in [-0.2, 0) is 14.3 Å². The maximum absolute atomic E-state index is 13.8. The molecule has 0 spiro atoms. The van der Waals surface area contributed by atoms with Gasteiger partial charge in [-0.3, -0.25) is 9.59 Å². The fourth-order valence-corrected chi connectivity index (χ4v) is 4.33. The molecule has 2 aromatic rings. The lowest BCUT2D eigenvalue weighted by Crippen LogP contribution is -2.54. The summed E-state index contributed by atoms with van der Waals surface area (Å²) in [6.45, 7) is 12.2. The third-order valence-corrected chi connectivity index (χ3v) is 5.82. The van der Waals surface area contributed by atoms with E-state index in [1.54, 1.807) is 32.9 Å². The Balaban J connectivity index is 2.53. The molecule has 0 aromatic heterocycles. The van der Waals surface area contributed by atoms with Crippen molar-refractivity contribution < 1.29 is 24.2 Å². The largest absolute Gasteiger partial charge is 0.444 e. The molecule has 37 heavy (non-hydrogen) atoms. The molecule has 3 amide bonds. The lowest BCUT2D eigenvalue weighted by molar-refractivity contribution is -0.141. The average molecular weight is 532 g/mol. The molecule has 0 fully saturated rings. The smallest absolute Gasteiger partial charge is 0.408 e. The van der Waals surface area contributed by atoms with Gasteiger partial charge in [0.25, 0.3) is 5.91 Å². The van der Waals surface area contributed by atoms with E-state index in [1.807, 2.05) is 52.0 Å². The highest BCUT2D eigenvalue weighted by Crippen LogP contribution is 2.30. The van der Waals surface area contributed by atoms with Crippen LogP contribution in [0.1, 0.15) is 62.4 Å². The second-order valence-corrected chi connectivity index (χ2v) is 10.6. The number of aliphatic hydroxyl groups excluding tert-OH is 1. The van der Waals surface area contributed by atoms with Crippen LogP contribution in [0.3, 0.4) is 0 Å². The third-order valence-electron chi connectivity index (χ3n) is 5.51. The Morgan fingerprint density at radius 2 is 1.70 bits per heavy atom. The van der Waals surface area contributed by atoms with Crippen LogP contribution >= 0.6 is 11.6 Å². The van der Waals surface area contributed by atoms with E-state index in [9.17, 15) is 19.5 Å². The van der Waals surface area contributed by atoms with Crippen molar-refractivity contribution in [1.82, 2.24) is 10.2 Å². The molecule has 2 unspecified atom stereocenters. The van der Waals surface area contributed by atoms with Crippen molar-refractivity contribution in [2.24, 2.45) is 0 Å². The molecule has 2 aromatic carbocycles. The quantitative estimate of drug-likeness (QED) is 0.418. The molecule has 2 atom stereocenters. The third kappa shape index (κ3) is 8.47. The topological polar surface area (TPSA) is 108 Å². The van der Waals surface area contributed by atoms with E-state index in [4.69, 9.17) is 16.3 Å². The molecule has 0 aliphatic rings. The van der Waals surface area contributed by atoms with Crippen LogP contribution in [-0.4, -0.2) is 52.7 Å². The Morgan fingerprint density at radius 1 is 1.08 bits per heavy atom. The Hall–Kier alpha value is -3.10. The van der Waals surface area contributed by atoms with Gasteiger partial charge in [-0.25, -0.2) is 4.79 Å². The highest BCUT2D eigenvalue weighted by Gasteiger charge is 2.36. The minimum absolute atomic E-state index is 0.206. The molecule has 8 nitrogen and oxygen atoms in total. The van der Waals surface area contributed by atoms with E-state index in [-0.39, 0.29) is 6.54 Å². The minimum atomic E-state index is -1.30. The van der Waals surface area contributed by atoms with E-state index in [1.165, 1.54) is 4.90 Å². The molecule has 0 aliphatic carbocycles. The van der Waals surface area contributed by atoms with Gasteiger partial charge in [0.1, 0.15) is 17.7 Å². The first-order valence-electron chi connectivity index (χ1n) is 12.3. The number of amides is 3. The Kier molecular flexibility index (Phi) is 10.5. The monoisotopic (exact) mass is 531 g/mol. The molecule has 0 saturated carbocycles. The van der Waals surface area contributed by atoms with E-state index >= 15 is 0 Å². The number of para-hydroxylation sites is 1. The normalized spacial score (nSPS) is 12.9. The highest BCUT2D eigenvalue weighted by atomic mass is 35.5. The molecular formula is C28H38ClN3O5. The van der Waals surface area contributed by atoms with Crippen LogP contribution in [0.5, 0.6) is 0 Å². The summed E-state index contributed by atoms with van der Waals surface area (Å²) in [5, 5.41) is 15.7. The molecular weight excluding hydrogens is 494 g/mol. The van der Waals surface area contributed by atoms with Gasteiger partial charge in [-0.1, -0.05) is 60.0 Å². The van der Waals surface area contributed by atoms with Gasteiger partial charge in [-0.15, -0.1) is 0 Å². The number of rotatable bonds is 9. The number of nitrogens with one attached hydrogen (secondary N) is 2. The first-order chi connectivity index (χ1) is 17.3. The molecule has 0 saturated heterocycles. The number of alkyl carbamates (subject to hydrolysis) is 1. The van der Waals surface area contributed by atoms with Gasteiger partial charge in [0.15, 0.2) is 0 Å². The number of nitrogens with zero attached hydrogens (tertiary/aromatic N) is 1. The van der Waals surface area contributed by atoms with Crippen LogP contribution < -0.4 is 10.6 Å². The van der Waals surface area contributed by atoms with Crippen molar-refractivity contribution in [3.63, 3.8) is 0 Å². The zero-order chi connectivity index (χ0) is 27.9. The molecule has 202 valence electrons. The molecule has 0 radical (unpaired) electrons. The second kappa shape index (κ2) is 12.9. The number of aryl methyl sites for hydroxylation is 3. The van der Waals surface area contributed by atoms with E-state index < -0.39 is 42.2 Å². The van der Waals surface area contributed by atoms with E-state index in [2.05, 4.69) is 10.6 Å². The molecule has 0 bridgehead atoms. The Labute approximate surface area is 224 Å². The SMILES string of the molecule is CCCN(C(=O)C(CO)NC(=O)OC(C)(C)C)C(C(=O)Nc1c(C)cccc1Cl)c1cc(C)cc(C)c1. The summed E-state index contributed by atoms with van der Waals surface area (Å²) in [6, 6.07) is 8.62. The van der Waals surface area contributed by atoms with Crippen LogP contribution in [0, 0.1) is 20.8 Å². The molecule has 0 aliphatic heterocycles. The summed E-state index contributed by atoms with van der Waals surface area (Å²) in [5.41, 5.74) is 2.90. The number of halogens is 1. The maximum Gasteiger partial charge on any atom is 0.408 e. The summed E-state index contributed by atoms with van der Waals surface area (Å²) < 4.78 is 5.26. The second-order valence-electron chi connectivity index (χ2n) is 10.2. The van der Waals surface area contributed by atoms with Crippen molar-refractivity contribution >= 4 is 35.2 Å². The first kappa shape index (κ1) is 30.1. The number of carbonyl (C=O) groups is 3. The first-order valence-corrected chi connectivity index (χ1v) is 12.7. The van der Waals surface area contributed by atoms with Crippen LogP contribution in [0.2, 0.25) is 5.02 Å². The van der Waals surface area contributed by atoms with Crippen molar-refractivity contribution in [3.8, 4) is 0 Å². The summed E-state index contributed by atoms with van der Waals surface area (Å²) in [4.78, 5) is 41.3. The van der Waals surface area contributed by atoms with Gasteiger partial charge >= 0.3 is 6.09 Å². The Bertz CT molecular complexity index is 1090. The van der Waals surface area contributed by atoms with Crippen LogP contribution in [0.15, 0.2) is 36.4 Å². The summed E-state index contributed by atoms with van der Waals surface area (Å²) in [5.74, 6) is -1.07. The number of hydrogen-bond acceptors (Lipinski definition) is 5. The van der Waals surface area contributed by atoms with Gasteiger partial charge < -0.3 is 25.4 Å². The Morgan fingerprint density at radius 3 is 2.22 bits per heavy atom. The number of benzene rings is 2. The van der Waals surface area contributed by atoms with Crippen molar-refractivity contribution in [2.75, 3.05) is 18.5 Å². The molecule has 2 rings (SSSR count). The predicted octanol–water partition coefficient (Wildman–Crippen LogP) is 5.07. The van der Waals surface area contributed by atoms with Crippen LogP contribution in [0.4, 0.5) is 10.5 Å². The van der Waals surface area contributed by atoms with Gasteiger partial charge in [0, 0.05) is 6.54 Å². The fourth-order valence-electron chi connectivity index (χ4n) is 4.07. The van der Waals surface area contributed by atoms with E-state index in [0.29, 0.717) is 22.7 Å². The van der Waals surface area contributed by atoms with Gasteiger partial charge in [0.2, 0.25) is 5.91 Å². The minimum Gasteiger partial charge on any atom is -0.444 e.